The average molecular weight is 596 g/mol. The maximum atomic E-state index is 10.5. The second kappa shape index (κ2) is 9.68. The first kappa shape index (κ1) is 26.5. The predicted molar refractivity (Wildman–Crippen MR) is 181 cm³/mol. The quantitative estimate of drug-likeness (QED) is 0.233. The van der Waals surface area contributed by atoms with Crippen LogP contribution in [0, 0.1) is 36.5 Å². The molecule has 4 radical (unpaired) electrons. The molecular formula is C34H18B2N6S2. The largest absolute Gasteiger partial charge is 0.399 e. The highest BCUT2D eigenvalue weighted by atomic mass is 32.1. The summed E-state index contributed by atoms with van der Waals surface area (Å²) in [6, 6.07) is 29.1. The molecule has 0 fully saturated rings. The van der Waals surface area contributed by atoms with Crippen LogP contribution in [0.25, 0.3) is 63.9 Å². The Hall–Kier alpha value is -5.15. The molecule has 0 spiro atoms. The van der Waals surface area contributed by atoms with E-state index >= 15 is 0 Å². The molecule has 4 aromatic heterocycles. The second-order valence-corrected chi connectivity index (χ2v) is 12.7. The van der Waals surface area contributed by atoms with Gasteiger partial charge in [-0.2, -0.15) is 10.5 Å². The summed E-state index contributed by atoms with van der Waals surface area (Å²) in [5.74, 6) is 0. The van der Waals surface area contributed by atoms with E-state index in [2.05, 4.69) is 24.3 Å². The number of rotatable bonds is 2. The number of hydrogen-bond acceptors (Lipinski definition) is 6. The van der Waals surface area contributed by atoms with Gasteiger partial charge >= 0.3 is 0 Å². The highest BCUT2D eigenvalue weighted by Gasteiger charge is 2.23. The lowest BCUT2D eigenvalue weighted by atomic mass is 10.1. The minimum Gasteiger partial charge on any atom is -0.399 e. The first-order valence-electron chi connectivity index (χ1n) is 13.8. The van der Waals surface area contributed by atoms with E-state index < -0.39 is 0 Å². The van der Waals surface area contributed by atoms with Crippen molar-refractivity contribution in [2.24, 2.45) is 0 Å². The number of benzene rings is 4. The van der Waals surface area contributed by atoms with E-state index in [4.69, 9.17) is 25.9 Å². The van der Waals surface area contributed by atoms with Crippen LogP contribution in [0.5, 0.6) is 0 Å². The highest BCUT2D eigenvalue weighted by molar-refractivity contribution is 7.20. The van der Waals surface area contributed by atoms with Crippen LogP contribution in [0.1, 0.15) is 21.4 Å². The Bertz CT molecular complexity index is 2560. The van der Waals surface area contributed by atoms with Gasteiger partial charge in [0.25, 0.3) is 0 Å². The molecule has 0 aliphatic carbocycles. The van der Waals surface area contributed by atoms with Gasteiger partial charge in [-0.05, 0) is 36.8 Å². The third-order valence-corrected chi connectivity index (χ3v) is 10.4. The molecular weight excluding hydrogens is 578 g/mol. The average Bonchev–Trinajstić information content (AvgIpc) is 3.79. The molecule has 0 N–H and O–H groups in total. The van der Waals surface area contributed by atoms with Crippen LogP contribution >= 0.6 is 22.7 Å². The van der Waals surface area contributed by atoms with Crippen LogP contribution in [0.2, 0.25) is 0 Å². The molecule has 4 aromatic carbocycles. The van der Waals surface area contributed by atoms with E-state index in [1.54, 1.807) is 0 Å². The fraction of sp³-hybridized carbons (Fsp3) is 0.0588. The van der Waals surface area contributed by atoms with Crippen molar-refractivity contribution in [3.63, 3.8) is 0 Å². The molecule has 44 heavy (non-hydrogen) atoms. The minimum atomic E-state index is 0.348. The molecule has 4 heterocycles. The van der Waals surface area contributed by atoms with E-state index in [9.17, 15) is 10.5 Å². The van der Waals surface area contributed by atoms with Gasteiger partial charge in [0.1, 0.15) is 33.3 Å². The minimum absolute atomic E-state index is 0.348. The smallest absolute Gasteiger partial charge is 0.234 e. The molecule has 202 valence electrons. The number of fused-ring (bicyclic) bond motifs is 7. The first-order chi connectivity index (χ1) is 21.4. The molecule has 8 rings (SSSR count). The van der Waals surface area contributed by atoms with Gasteiger partial charge in [0.15, 0.2) is 0 Å². The zero-order valence-corrected chi connectivity index (χ0v) is 25.2. The number of nitrogens with zero attached hydrogens (tertiary/aromatic N) is 6. The van der Waals surface area contributed by atoms with Crippen LogP contribution in [0.15, 0.2) is 72.8 Å². The van der Waals surface area contributed by atoms with Crippen molar-refractivity contribution < 1.29 is 0 Å². The van der Waals surface area contributed by atoms with Crippen molar-refractivity contribution in [2.45, 2.75) is 13.8 Å². The normalized spacial score (nSPS) is 13.2. The van der Waals surface area contributed by atoms with E-state index in [-0.39, 0.29) is 0 Å². The number of aryl methyl sites for hydroxylation is 2. The van der Waals surface area contributed by atoms with Crippen molar-refractivity contribution in [1.82, 2.24) is 18.9 Å². The van der Waals surface area contributed by atoms with Crippen molar-refractivity contribution in [3.05, 3.63) is 105 Å². The molecule has 0 atom stereocenters. The van der Waals surface area contributed by atoms with Gasteiger partial charge in [-0.1, -0.05) is 60.7 Å². The maximum Gasteiger partial charge on any atom is 0.234 e. The van der Waals surface area contributed by atoms with Gasteiger partial charge in [-0.3, -0.25) is 0 Å². The molecule has 0 amide bonds. The van der Waals surface area contributed by atoms with Crippen LogP contribution in [-0.2, 0) is 0 Å². The summed E-state index contributed by atoms with van der Waals surface area (Å²) in [7, 11) is 13.4. The monoisotopic (exact) mass is 596 g/mol. The first-order valence-corrected chi connectivity index (χ1v) is 15.4. The molecule has 0 aliphatic heterocycles. The van der Waals surface area contributed by atoms with Crippen LogP contribution < -0.4 is 10.7 Å². The van der Waals surface area contributed by atoms with E-state index in [1.807, 2.05) is 74.5 Å². The topological polar surface area (TPSA) is 83.2 Å². The van der Waals surface area contributed by atoms with Gasteiger partial charge in [0, 0.05) is 32.9 Å². The summed E-state index contributed by atoms with van der Waals surface area (Å²) in [5, 5.41) is 28.9. The van der Waals surface area contributed by atoms with Crippen molar-refractivity contribution >= 4 is 103 Å². The predicted octanol–water partition coefficient (Wildman–Crippen LogP) is 5.89. The summed E-state index contributed by atoms with van der Waals surface area (Å²) < 4.78 is 4.99. The number of thiazole rings is 2. The summed E-state index contributed by atoms with van der Waals surface area (Å²) >= 11 is 2.90. The number of aromatic nitrogens is 4. The Kier molecular flexibility index (Phi) is 5.83. The highest BCUT2D eigenvalue weighted by Crippen LogP contribution is 2.34. The van der Waals surface area contributed by atoms with Gasteiger partial charge in [-0.15, -0.1) is 22.7 Å². The lowest BCUT2D eigenvalue weighted by Gasteiger charge is -2.05. The Labute approximate surface area is 261 Å². The Balaban J connectivity index is 1.46. The van der Waals surface area contributed by atoms with Gasteiger partial charge in [0.2, 0.25) is 16.0 Å². The molecule has 0 bridgehead atoms. The summed E-state index contributed by atoms with van der Waals surface area (Å²) in [6.45, 7) is 3.74. The Morgan fingerprint density at radius 2 is 1.05 bits per heavy atom. The van der Waals surface area contributed by atoms with Crippen molar-refractivity contribution in [2.75, 3.05) is 0 Å². The van der Waals surface area contributed by atoms with Gasteiger partial charge in [0.05, 0.1) is 31.1 Å². The summed E-state index contributed by atoms with van der Waals surface area (Å²) in [5.41, 5.74) is 3.74. The fourth-order valence-electron chi connectivity index (χ4n) is 6.19. The molecule has 0 aliphatic rings. The lowest BCUT2D eigenvalue weighted by molar-refractivity contribution is 1.07. The maximum absolute atomic E-state index is 10.5. The van der Waals surface area contributed by atoms with Crippen LogP contribution in [0.3, 0.4) is 0 Å². The fourth-order valence-corrected chi connectivity index (χ4v) is 8.15. The SMILES string of the molecule is [B]n1c(C)c2/c(=C(\C#N)c3nc4c(ccc5ccccc54)s3)n([B])c(C)c2/c1=C(\C#N)c1nc2c(ccc3ccccc32)s1. The third kappa shape index (κ3) is 3.59. The Morgan fingerprint density at radius 3 is 1.45 bits per heavy atom. The number of hydrogen-bond donors (Lipinski definition) is 0. The van der Waals surface area contributed by atoms with E-state index in [0.29, 0.717) is 54.0 Å². The molecule has 0 saturated heterocycles. The third-order valence-electron chi connectivity index (χ3n) is 8.34. The zero-order chi connectivity index (χ0) is 30.3. The summed E-state index contributed by atoms with van der Waals surface area (Å²) in [6.07, 6.45) is 0. The van der Waals surface area contributed by atoms with E-state index in [0.717, 1.165) is 42.0 Å². The van der Waals surface area contributed by atoms with Gasteiger partial charge < -0.3 is 8.96 Å². The zero-order valence-electron chi connectivity index (χ0n) is 23.6. The van der Waals surface area contributed by atoms with Crippen molar-refractivity contribution in [1.29, 1.82) is 10.5 Å². The molecule has 0 saturated carbocycles. The number of nitriles is 2. The molecule has 0 unspecified atom stereocenters. The summed E-state index contributed by atoms with van der Waals surface area (Å²) in [4.78, 5) is 9.88. The van der Waals surface area contributed by atoms with Crippen LogP contribution in [-0.4, -0.2) is 34.9 Å². The molecule has 10 heteroatoms. The second-order valence-electron chi connectivity index (χ2n) is 10.6. The van der Waals surface area contributed by atoms with Gasteiger partial charge in [-0.25, -0.2) is 9.97 Å². The Morgan fingerprint density at radius 1 is 0.636 bits per heavy atom. The molecule has 8 aromatic rings. The lowest BCUT2D eigenvalue weighted by Crippen LogP contribution is -2.23. The van der Waals surface area contributed by atoms with Crippen LogP contribution in [0.4, 0.5) is 0 Å². The van der Waals surface area contributed by atoms with Crippen molar-refractivity contribution in [3.8, 4) is 12.1 Å². The standard InChI is InChI=1S/C34H18B2N6S2/c1-17-27-28(32(41(17)35)24(16-38)34-40-30-22-10-6-4-8-20(22)12-14-26(30)44-34)18(2)42(36)31(27)23(15-37)33-39-29-21-9-5-3-7-19(21)11-13-25(29)43-33/h3-14H,1-2H3/b31-23-,32-24-. The van der Waals surface area contributed by atoms with E-state index in [1.165, 1.54) is 31.6 Å². The molecule has 6 nitrogen and oxygen atoms in total.